The van der Waals surface area contributed by atoms with Crippen molar-refractivity contribution in [2.24, 2.45) is 0 Å². The summed E-state index contributed by atoms with van der Waals surface area (Å²) < 4.78 is 36.7. The van der Waals surface area contributed by atoms with Gasteiger partial charge in [-0.3, -0.25) is 9.59 Å². The van der Waals surface area contributed by atoms with E-state index >= 15 is 0 Å². The largest absolute Gasteiger partial charge is 0.450 e. The van der Waals surface area contributed by atoms with Gasteiger partial charge in [0.15, 0.2) is 5.78 Å². The Balaban J connectivity index is 1.83. The van der Waals surface area contributed by atoms with Gasteiger partial charge in [-0.25, -0.2) is 0 Å². The molecule has 1 N–H and O–H groups in total. The molecule has 3 rings (SSSR count). The van der Waals surface area contributed by atoms with Crippen LogP contribution in [-0.4, -0.2) is 17.7 Å². The van der Waals surface area contributed by atoms with E-state index < -0.39 is 24.2 Å². The highest BCUT2D eigenvalue weighted by Gasteiger charge is 2.39. The average Bonchev–Trinajstić information content (AvgIpc) is 2.51. The van der Waals surface area contributed by atoms with Crippen molar-refractivity contribution >= 4 is 34.7 Å². The summed E-state index contributed by atoms with van der Waals surface area (Å²) in [4.78, 5) is 24.5. The number of hydrogen-bond donors (Lipinski definition) is 1. The maximum atomic E-state index is 12.2. The van der Waals surface area contributed by atoms with Crippen LogP contribution in [0.3, 0.4) is 0 Å². The molecule has 2 aromatic carbocycles. The van der Waals surface area contributed by atoms with Gasteiger partial charge >= 0.3 is 6.18 Å². The molecular formula is C16H10F3NO2S. The normalized spacial score (nSPS) is 12.8. The third-order valence-electron chi connectivity index (χ3n) is 3.32. The second-order valence-electron chi connectivity index (χ2n) is 4.96. The average molecular weight is 337 g/mol. The van der Waals surface area contributed by atoms with Gasteiger partial charge in [0.05, 0.1) is 17.8 Å². The highest BCUT2D eigenvalue weighted by molar-refractivity contribution is 7.99. The SMILES string of the molecule is O=C(CC(=O)C(F)(F)F)c1ccc2c(c1)Sc1ccccc1N2. The molecule has 0 saturated heterocycles. The van der Waals surface area contributed by atoms with Gasteiger partial charge in [-0.05, 0) is 30.3 Å². The van der Waals surface area contributed by atoms with E-state index in [2.05, 4.69) is 5.32 Å². The lowest BCUT2D eigenvalue weighted by atomic mass is 10.1. The number of nitrogens with one attached hydrogen (secondary N) is 1. The molecule has 0 fully saturated rings. The number of halogens is 3. The molecule has 3 nitrogen and oxygen atoms in total. The molecule has 0 radical (unpaired) electrons. The predicted molar refractivity (Wildman–Crippen MR) is 80.3 cm³/mol. The van der Waals surface area contributed by atoms with Crippen LogP contribution in [0.1, 0.15) is 16.8 Å². The number of carbonyl (C=O) groups is 2. The molecule has 0 aliphatic carbocycles. The van der Waals surface area contributed by atoms with Gasteiger partial charge in [-0.2, -0.15) is 13.2 Å². The molecule has 0 amide bonds. The number of alkyl halides is 3. The number of Topliss-reactive ketones (excluding diaryl/α,β-unsaturated/α-hetero) is 2. The molecule has 1 aliphatic rings. The zero-order valence-corrected chi connectivity index (χ0v) is 12.4. The Bertz CT molecular complexity index is 802. The highest BCUT2D eigenvalue weighted by atomic mass is 32.2. The molecule has 118 valence electrons. The maximum absolute atomic E-state index is 12.2. The topological polar surface area (TPSA) is 46.2 Å². The first-order chi connectivity index (χ1) is 10.8. The molecular weight excluding hydrogens is 327 g/mol. The van der Waals surface area contributed by atoms with Crippen LogP contribution in [0, 0.1) is 0 Å². The summed E-state index contributed by atoms with van der Waals surface area (Å²) in [5, 5.41) is 3.19. The number of ketones is 2. The van der Waals surface area contributed by atoms with E-state index in [-0.39, 0.29) is 5.56 Å². The van der Waals surface area contributed by atoms with Crippen LogP contribution in [0.2, 0.25) is 0 Å². The molecule has 0 spiro atoms. The van der Waals surface area contributed by atoms with Crippen molar-refractivity contribution in [3.63, 3.8) is 0 Å². The Kier molecular flexibility index (Phi) is 3.89. The minimum atomic E-state index is -4.99. The molecule has 2 aromatic rings. The van der Waals surface area contributed by atoms with Crippen LogP contribution in [0.25, 0.3) is 0 Å². The number of para-hydroxylation sites is 1. The van der Waals surface area contributed by atoms with Gasteiger partial charge in [0.25, 0.3) is 0 Å². The molecule has 23 heavy (non-hydrogen) atoms. The van der Waals surface area contributed by atoms with Gasteiger partial charge in [0.1, 0.15) is 0 Å². The fraction of sp³-hybridized carbons (Fsp3) is 0.125. The number of hydrogen-bond acceptors (Lipinski definition) is 4. The van der Waals surface area contributed by atoms with Crippen molar-refractivity contribution in [1.29, 1.82) is 0 Å². The minimum Gasteiger partial charge on any atom is -0.354 e. The standard InChI is InChI=1S/C16H10F3NO2S/c17-16(18,19)15(22)8-12(21)9-5-6-11-14(7-9)23-13-4-2-1-3-10(13)20-11/h1-7,20H,8H2. The first-order valence-corrected chi connectivity index (χ1v) is 7.47. The first kappa shape index (κ1) is 15.6. The smallest absolute Gasteiger partial charge is 0.354 e. The van der Waals surface area contributed by atoms with Gasteiger partial charge in [-0.15, -0.1) is 0 Å². The summed E-state index contributed by atoms with van der Waals surface area (Å²) in [6.07, 6.45) is -6.16. The van der Waals surface area contributed by atoms with Crippen LogP contribution in [-0.2, 0) is 4.79 Å². The Morgan fingerprint density at radius 3 is 2.43 bits per heavy atom. The van der Waals surface area contributed by atoms with Gasteiger partial charge in [0, 0.05) is 15.4 Å². The Morgan fingerprint density at radius 1 is 1.00 bits per heavy atom. The van der Waals surface area contributed by atoms with E-state index in [0.29, 0.717) is 0 Å². The van der Waals surface area contributed by atoms with Gasteiger partial charge < -0.3 is 5.32 Å². The first-order valence-electron chi connectivity index (χ1n) is 6.66. The van der Waals surface area contributed by atoms with E-state index in [0.717, 1.165) is 21.2 Å². The summed E-state index contributed by atoms with van der Waals surface area (Å²) >= 11 is 1.42. The van der Waals surface area contributed by atoms with Crippen molar-refractivity contribution in [2.75, 3.05) is 5.32 Å². The summed E-state index contributed by atoms with van der Waals surface area (Å²) in [5.74, 6) is -2.87. The Hall–Kier alpha value is -2.28. The lowest BCUT2D eigenvalue weighted by molar-refractivity contribution is -0.170. The zero-order chi connectivity index (χ0) is 16.6. The molecule has 7 heteroatoms. The molecule has 0 saturated carbocycles. The van der Waals surface area contributed by atoms with Gasteiger partial charge in [-0.1, -0.05) is 23.9 Å². The van der Waals surface area contributed by atoms with Crippen LogP contribution < -0.4 is 5.32 Å². The van der Waals surface area contributed by atoms with Crippen molar-refractivity contribution in [1.82, 2.24) is 0 Å². The van der Waals surface area contributed by atoms with Crippen LogP contribution in [0.5, 0.6) is 0 Å². The third-order valence-corrected chi connectivity index (χ3v) is 4.45. The maximum Gasteiger partial charge on any atom is 0.450 e. The van der Waals surface area contributed by atoms with Crippen LogP contribution in [0.15, 0.2) is 52.3 Å². The molecule has 1 heterocycles. The van der Waals surface area contributed by atoms with Gasteiger partial charge in [0.2, 0.25) is 5.78 Å². The summed E-state index contributed by atoms with van der Waals surface area (Å²) in [5.41, 5.74) is 1.79. The summed E-state index contributed by atoms with van der Waals surface area (Å²) in [7, 11) is 0. The summed E-state index contributed by atoms with van der Waals surface area (Å²) in [6.45, 7) is 0. The molecule has 0 bridgehead atoms. The second-order valence-corrected chi connectivity index (χ2v) is 6.04. The molecule has 0 aromatic heterocycles. The van der Waals surface area contributed by atoms with E-state index in [1.807, 2.05) is 24.3 Å². The van der Waals surface area contributed by atoms with E-state index in [1.165, 1.54) is 23.9 Å². The molecule has 0 atom stereocenters. The fourth-order valence-electron chi connectivity index (χ4n) is 2.15. The van der Waals surface area contributed by atoms with Crippen molar-refractivity contribution < 1.29 is 22.8 Å². The number of rotatable bonds is 3. The Labute approximate surface area is 133 Å². The monoisotopic (exact) mass is 337 g/mol. The number of anilines is 2. The summed E-state index contributed by atoms with van der Waals surface area (Å²) in [6, 6.07) is 12.1. The van der Waals surface area contributed by atoms with Crippen molar-refractivity contribution in [2.45, 2.75) is 22.4 Å². The van der Waals surface area contributed by atoms with E-state index in [1.54, 1.807) is 6.07 Å². The van der Waals surface area contributed by atoms with Crippen molar-refractivity contribution in [3.05, 3.63) is 48.0 Å². The molecule has 1 aliphatic heterocycles. The Morgan fingerprint density at radius 2 is 1.70 bits per heavy atom. The highest BCUT2D eigenvalue weighted by Crippen LogP contribution is 2.44. The van der Waals surface area contributed by atoms with Crippen molar-refractivity contribution in [3.8, 4) is 0 Å². The minimum absolute atomic E-state index is 0.0926. The second kappa shape index (κ2) is 5.73. The lowest BCUT2D eigenvalue weighted by Crippen LogP contribution is -2.25. The number of benzene rings is 2. The fourth-order valence-corrected chi connectivity index (χ4v) is 3.18. The van der Waals surface area contributed by atoms with E-state index in [9.17, 15) is 22.8 Å². The van der Waals surface area contributed by atoms with Crippen LogP contribution in [0.4, 0.5) is 24.5 Å². The predicted octanol–water partition coefficient (Wildman–Crippen LogP) is 4.60. The van der Waals surface area contributed by atoms with Crippen LogP contribution >= 0.6 is 11.8 Å². The quantitative estimate of drug-likeness (QED) is 0.560. The van der Waals surface area contributed by atoms with E-state index in [4.69, 9.17) is 0 Å². The molecule has 0 unspecified atom stereocenters. The number of carbonyl (C=O) groups excluding carboxylic acids is 2. The number of fused-ring (bicyclic) bond motifs is 2. The third kappa shape index (κ3) is 3.24. The lowest BCUT2D eigenvalue weighted by Gasteiger charge is -2.21. The zero-order valence-electron chi connectivity index (χ0n) is 11.6.